The predicted octanol–water partition coefficient (Wildman–Crippen LogP) is 8.59. The van der Waals surface area contributed by atoms with Gasteiger partial charge in [-0.1, -0.05) is 49.7 Å². The van der Waals surface area contributed by atoms with Gasteiger partial charge in [-0.2, -0.15) is 4.57 Å². The van der Waals surface area contributed by atoms with Crippen molar-refractivity contribution in [2.75, 3.05) is 0 Å². The Morgan fingerprint density at radius 3 is 2.50 bits per heavy atom. The van der Waals surface area contributed by atoms with Gasteiger partial charge in [-0.05, 0) is 97.7 Å². The zero-order valence-corrected chi connectivity index (χ0v) is 21.9. The number of benzene rings is 3. The highest BCUT2D eigenvalue weighted by Gasteiger charge is 2.28. The molecule has 0 amide bonds. The first-order chi connectivity index (χ1) is 19.9. The number of aromatic nitrogens is 2. The average molecular weight is 483 g/mol. The van der Waals surface area contributed by atoms with Crippen molar-refractivity contribution >= 4 is 32.6 Å². The van der Waals surface area contributed by atoms with E-state index in [-0.39, 0.29) is 16.5 Å². The van der Waals surface area contributed by atoms with Crippen LogP contribution in [0.15, 0.2) is 54.7 Å². The Balaban J connectivity index is 1.64. The maximum Gasteiger partial charge on any atom is 0.237 e. The molecule has 1 aliphatic carbocycles. The summed E-state index contributed by atoms with van der Waals surface area (Å²) < 4.78 is 62.2. The van der Waals surface area contributed by atoms with Crippen LogP contribution in [0.1, 0.15) is 77.3 Å². The number of aryl methyl sites for hydroxylation is 5. The molecule has 6 rings (SSSR count). The zero-order chi connectivity index (χ0) is 31.3. The molecule has 5 aromatic rings. The number of fused-ring (bicyclic) bond motifs is 4. The van der Waals surface area contributed by atoms with Gasteiger partial charge in [0.1, 0.15) is 12.6 Å². The van der Waals surface area contributed by atoms with Crippen LogP contribution >= 0.6 is 0 Å². The summed E-state index contributed by atoms with van der Waals surface area (Å²) in [5.41, 5.74) is 6.04. The fraction of sp³-hybridized carbons (Fsp3) is 0.382. The van der Waals surface area contributed by atoms with Gasteiger partial charge < -0.3 is 4.57 Å². The van der Waals surface area contributed by atoms with Gasteiger partial charge in [-0.15, -0.1) is 0 Å². The highest BCUT2D eigenvalue weighted by Crippen LogP contribution is 2.43. The van der Waals surface area contributed by atoms with Gasteiger partial charge in [0.2, 0.25) is 5.69 Å². The van der Waals surface area contributed by atoms with Crippen LogP contribution in [0.5, 0.6) is 0 Å². The molecule has 1 fully saturated rings. The lowest BCUT2D eigenvalue weighted by atomic mass is 9.71. The Morgan fingerprint density at radius 1 is 0.972 bits per heavy atom. The molecule has 184 valence electrons. The molecule has 1 saturated carbocycles. The van der Waals surface area contributed by atoms with Gasteiger partial charge in [0.15, 0.2) is 6.20 Å². The summed E-state index contributed by atoms with van der Waals surface area (Å²) in [5.74, 6) is -0.624. The van der Waals surface area contributed by atoms with E-state index in [1.807, 2.05) is 31.7 Å². The van der Waals surface area contributed by atoms with E-state index in [9.17, 15) is 1.37 Å². The van der Waals surface area contributed by atoms with Gasteiger partial charge in [0.05, 0.1) is 5.56 Å². The third-order valence-corrected chi connectivity index (χ3v) is 8.42. The lowest BCUT2D eigenvalue weighted by Gasteiger charge is -2.34. The first-order valence-corrected chi connectivity index (χ1v) is 12.9. The van der Waals surface area contributed by atoms with Gasteiger partial charge >= 0.3 is 0 Å². The van der Waals surface area contributed by atoms with E-state index in [1.165, 1.54) is 0 Å². The number of nitrogens with zero attached hydrogens (tertiary/aromatic N) is 2. The minimum Gasteiger partial charge on any atom is -0.338 e. The van der Waals surface area contributed by atoms with Crippen LogP contribution in [-0.4, -0.2) is 4.57 Å². The molecule has 36 heavy (non-hydrogen) atoms. The fourth-order valence-corrected chi connectivity index (χ4v) is 6.20. The lowest BCUT2D eigenvalue weighted by molar-refractivity contribution is -0.659. The molecular weight excluding hydrogens is 436 g/mol. The molecule has 2 heterocycles. The van der Waals surface area contributed by atoms with E-state index in [1.54, 1.807) is 18.3 Å². The highest BCUT2D eigenvalue weighted by atomic mass is 15.0. The molecule has 1 aliphatic rings. The zero-order valence-electron chi connectivity index (χ0n) is 28.9. The van der Waals surface area contributed by atoms with Crippen molar-refractivity contribution in [2.24, 2.45) is 19.5 Å². The topological polar surface area (TPSA) is 8.81 Å². The Morgan fingerprint density at radius 2 is 1.78 bits per heavy atom. The lowest BCUT2D eigenvalue weighted by Crippen LogP contribution is -2.32. The minimum absolute atomic E-state index is 0.265. The van der Waals surface area contributed by atoms with Gasteiger partial charge in [-0.3, -0.25) is 0 Å². The van der Waals surface area contributed by atoms with Crippen molar-refractivity contribution < 1.29 is 14.2 Å². The summed E-state index contributed by atoms with van der Waals surface area (Å²) in [6.07, 6.45) is 5.39. The maximum absolute atomic E-state index is 9.33. The molecule has 0 saturated heterocycles. The van der Waals surface area contributed by atoms with Gasteiger partial charge in [0.25, 0.3) is 0 Å². The second kappa shape index (κ2) is 8.20. The van der Waals surface area contributed by atoms with E-state index < -0.39 is 19.6 Å². The van der Waals surface area contributed by atoms with Gasteiger partial charge in [-0.25, -0.2) is 0 Å². The number of hydrogen-bond donors (Lipinski definition) is 0. The second-order valence-corrected chi connectivity index (χ2v) is 11.5. The van der Waals surface area contributed by atoms with E-state index in [0.29, 0.717) is 5.39 Å². The maximum atomic E-state index is 9.33. The molecule has 0 radical (unpaired) electrons. The van der Waals surface area contributed by atoms with Crippen molar-refractivity contribution in [3.8, 4) is 11.3 Å². The third kappa shape index (κ3) is 3.65. The summed E-state index contributed by atoms with van der Waals surface area (Å²) in [4.78, 5) is 0. The van der Waals surface area contributed by atoms with E-state index in [2.05, 4.69) is 48.7 Å². The standard InChI is InChI=1S/C34H39N2/c1-21-8-11-28(22(2)16-21)32-33-31(23(3)20-35(32)6)29-18-27-17-25(24-12-14-34(4,5)15-13-24)9-10-26(27)19-30(29)36(33)7/h8-11,16-20,24H,12-15H2,1-7H3/q+1/i1D3,3D3,24D. The second-order valence-electron chi connectivity index (χ2n) is 11.5. The van der Waals surface area contributed by atoms with Crippen molar-refractivity contribution in [1.29, 1.82) is 0 Å². The first-order valence-electron chi connectivity index (χ1n) is 16.4. The minimum atomic E-state index is -2.35. The molecule has 2 nitrogen and oxygen atoms in total. The summed E-state index contributed by atoms with van der Waals surface area (Å²) in [6.45, 7) is 1.90. The summed E-state index contributed by atoms with van der Waals surface area (Å²) >= 11 is 0. The molecule has 0 N–H and O–H groups in total. The van der Waals surface area contributed by atoms with Crippen LogP contribution in [0.25, 0.3) is 43.8 Å². The molecule has 3 aromatic carbocycles. The number of rotatable bonds is 2. The van der Waals surface area contributed by atoms with E-state index in [0.717, 1.165) is 75.3 Å². The highest BCUT2D eigenvalue weighted by molar-refractivity contribution is 6.16. The monoisotopic (exact) mass is 482 g/mol. The Labute approximate surface area is 225 Å². The van der Waals surface area contributed by atoms with Crippen molar-refractivity contribution in [3.05, 3.63) is 77.0 Å². The normalized spacial score (nSPS) is 20.9. The first kappa shape index (κ1) is 16.6. The molecule has 0 aliphatic heterocycles. The third-order valence-electron chi connectivity index (χ3n) is 8.42. The SMILES string of the molecule is [2H]C([2H])([2H])c1ccc(-c2c3c(c(C([2H])([2H])[2H])c[n+]2C)c2cc4cc(C5([2H])CCC(C)(C)CC5)ccc4cc2n3C)c(C)c1. The Kier molecular flexibility index (Phi) is 3.78. The number of pyridine rings is 1. The largest absolute Gasteiger partial charge is 0.338 e. The number of hydrogen-bond acceptors (Lipinski definition) is 0. The van der Waals surface area contributed by atoms with Crippen molar-refractivity contribution in [3.63, 3.8) is 0 Å². The molecule has 2 aromatic heterocycles. The van der Waals surface area contributed by atoms with E-state index in [4.69, 9.17) is 8.22 Å². The summed E-state index contributed by atoms with van der Waals surface area (Å²) in [5, 5.41) is 3.58. The summed E-state index contributed by atoms with van der Waals surface area (Å²) in [6, 6.07) is 15.7. The van der Waals surface area contributed by atoms with Crippen LogP contribution in [0.2, 0.25) is 0 Å². The van der Waals surface area contributed by atoms with E-state index >= 15 is 0 Å². The predicted molar refractivity (Wildman–Crippen MR) is 154 cm³/mol. The van der Waals surface area contributed by atoms with Crippen LogP contribution in [-0.2, 0) is 14.1 Å². The van der Waals surface area contributed by atoms with Crippen molar-refractivity contribution in [2.45, 2.75) is 66.1 Å². The van der Waals surface area contributed by atoms with Gasteiger partial charge in [0, 0.05) is 38.5 Å². The molecule has 0 bridgehead atoms. The van der Waals surface area contributed by atoms with Crippen molar-refractivity contribution in [1.82, 2.24) is 4.57 Å². The quantitative estimate of drug-likeness (QED) is 0.223. The van der Waals surface area contributed by atoms with Crippen LogP contribution < -0.4 is 4.57 Å². The summed E-state index contributed by atoms with van der Waals surface area (Å²) in [7, 11) is 3.81. The molecule has 0 spiro atoms. The van der Waals surface area contributed by atoms with Crippen LogP contribution in [0, 0.1) is 26.0 Å². The fourth-order valence-electron chi connectivity index (χ4n) is 6.20. The average Bonchev–Trinajstić information content (AvgIpc) is 3.19. The molecule has 2 heteroatoms. The molecule has 0 atom stereocenters. The molecule has 0 unspecified atom stereocenters. The van der Waals surface area contributed by atoms with Crippen LogP contribution in [0.3, 0.4) is 0 Å². The Bertz CT molecular complexity index is 1920. The smallest absolute Gasteiger partial charge is 0.237 e. The van der Waals surface area contributed by atoms with Crippen LogP contribution in [0.4, 0.5) is 0 Å². The Hall–Kier alpha value is -3.13. The molecular formula is C34H39N2+.